The molecule has 7 heteroatoms. The summed E-state index contributed by atoms with van der Waals surface area (Å²) in [5, 5.41) is 7.48. The number of carbonyl (C=O) groups excluding carboxylic acids is 1. The van der Waals surface area contributed by atoms with E-state index >= 15 is 0 Å². The van der Waals surface area contributed by atoms with Gasteiger partial charge in [0.15, 0.2) is 5.58 Å². The minimum atomic E-state index is -0.173. The first-order valence-corrected chi connectivity index (χ1v) is 12.7. The van der Waals surface area contributed by atoms with Crippen LogP contribution in [0, 0.1) is 18.8 Å². The van der Waals surface area contributed by atoms with Gasteiger partial charge in [0.25, 0.3) is 0 Å². The SMILES string of the molecule is CC(=O)NOC1CC(C)(c2cccc(-c3[nH]ncc3-c3nc4ccc(C)cc4o3)c2)CCC1C(C)C. The van der Waals surface area contributed by atoms with E-state index in [9.17, 15) is 4.79 Å². The van der Waals surface area contributed by atoms with Crippen LogP contribution in [0.4, 0.5) is 0 Å². The molecule has 1 aliphatic rings. The number of hydrogen-bond acceptors (Lipinski definition) is 5. The van der Waals surface area contributed by atoms with Crippen LogP contribution in [0.2, 0.25) is 0 Å². The van der Waals surface area contributed by atoms with Crippen molar-refractivity contribution in [3.8, 4) is 22.7 Å². The maximum Gasteiger partial charge on any atom is 0.240 e. The van der Waals surface area contributed by atoms with Crippen molar-refractivity contribution in [2.75, 3.05) is 0 Å². The Balaban J connectivity index is 1.46. The third-order valence-electron chi connectivity index (χ3n) is 7.63. The molecule has 2 aromatic carbocycles. The third-order valence-corrected chi connectivity index (χ3v) is 7.63. The van der Waals surface area contributed by atoms with Crippen LogP contribution in [0.5, 0.6) is 0 Å². The topological polar surface area (TPSA) is 93.0 Å². The van der Waals surface area contributed by atoms with Crippen LogP contribution in [0.3, 0.4) is 0 Å². The van der Waals surface area contributed by atoms with Crippen molar-refractivity contribution < 1.29 is 14.0 Å². The highest BCUT2D eigenvalue weighted by molar-refractivity contribution is 5.82. The predicted molar refractivity (Wildman–Crippen MR) is 140 cm³/mol. The summed E-state index contributed by atoms with van der Waals surface area (Å²) in [5.74, 6) is 1.26. The number of aromatic amines is 1. The molecule has 0 spiro atoms. The van der Waals surface area contributed by atoms with Gasteiger partial charge in [-0.05, 0) is 72.8 Å². The van der Waals surface area contributed by atoms with Gasteiger partial charge in [-0.2, -0.15) is 5.10 Å². The van der Waals surface area contributed by atoms with E-state index in [1.165, 1.54) is 12.5 Å². The van der Waals surface area contributed by atoms with E-state index in [1.54, 1.807) is 6.20 Å². The van der Waals surface area contributed by atoms with E-state index in [0.29, 0.717) is 17.7 Å². The van der Waals surface area contributed by atoms with Gasteiger partial charge in [-0.3, -0.25) is 14.7 Å². The maximum absolute atomic E-state index is 11.5. The Kier molecular flexibility index (Phi) is 6.43. The number of hydroxylamine groups is 1. The Hall–Kier alpha value is -3.45. The molecule has 2 aromatic heterocycles. The number of amides is 1. The van der Waals surface area contributed by atoms with E-state index < -0.39 is 0 Å². The Bertz CT molecular complexity index is 1390. The molecule has 1 aliphatic carbocycles. The van der Waals surface area contributed by atoms with Crippen LogP contribution in [0.25, 0.3) is 33.8 Å². The van der Waals surface area contributed by atoms with E-state index in [0.717, 1.165) is 52.7 Å². The normalized spacial score (nSPS) is 22.3. The molecule has 2 N–H and O–H groups in total. The molecular formula is C29H34N4O3. The van der Waals surface area contributed by atoms with Crippen molar-refractivity contribution >= 4 is 17.0 Å². The van der Waals surface area contributed by atoms with Gasteiger partial charge in [0, 0.05) is 12.5 Å². The lowest BCUT2D eigenvalue weighted by Crippen LogP contribution is -2.44. The monoisotopic (exact) mass is 486 g/mol. The molecule has 2 heterocycles. The first-order chi connectivity index (χ1) is 17.2. The van der Waals surface area contributed by atoms with Crippen molar-refractivity contribution in [1.82, 2.24) is 20.7 Å². The summed E-state index contributed by atoms with van der Waals surface area (Å²) in [7, 11) is 0. The summed E-state index contributed by atoms with van der Waals surface area (Å²) in [4.78, 5) is 22.2. The number of nitrogens with one attached hydrogen (secondary N) is 2. The van der Waals surface area contributed by atoms with Crippen LogP contribution >= 0.6 is 0 Å². The predicted octanol–water partition coefficient (Wildman–Crippen LogP) is 6.34. The molecule has 1 saturated carbocycles. The Morgan fingerprint density at radius 3 is 2.86 bits per heavy atom. The molecule has 1 fully saturated rings. The molecule has 7 nitrogen and oxygen atoms in total. The van der Waals surface area contributed by atoms with Crippen LogP contribution < -0.4 is 5.48 Å². The van der Waals surface area contributed by atoms with Crippen LogP contribution in [-0.4, -0.2) is 27.2 Å². The number of fused-ring (bicyclic) bond motifs is 1. The molecule has 0 aliphatic heterocycles. The molecule has 36 heavy (non-hydrogen) atoms. The van der Waals surface area contributed by atoms with E-state index in [2.05, 4.69) is 60.7 Å². The van der Waals surface area contributed by atoms with Gasteiger partial charge in [-0.25, -0.2) is 10.5 Å². The van der Waals surface area contributed by atoms with Crippen LogP contribution in [-0.2, 0) is 15.0 Å². The number of aromatic nitrogens is 3. The third kappa shape index (κ3) is 4.67. The second-order valence-electron chi connectivity index (χ2n) is 10.8. The molecule has 3 atom stereocenters. The van der Waals surface area contributed by atoms with Gasteiger partial charge >= 0.3 is 0 Å². The number of oxazole rings is 1. The number of hydrogen-bond donors (Lipinski definition) is 2. The second kappa shape index (κ2) is 9.54. The maximum atomic E-state index is 11.5. The summed E-state index contributed by atoms with van der Waals surface area (Å²) in [6.07, 6.45) is 4.66. The van der Waals surface area contributed by atoms with E-state index in [1.807, 2.05) is 25.1 Å². The summed E-state index contributed by atoms with van der Waals surface area (Å²) in [5.41, 5.74) is 9.23. The van der Waals surface area contributed by atoms with E-state index in [4.69, 9.17) is 14.2 Å². The minimum absolute atomic E-state index is 0.0396. The highest BCUT2D eigenvalue weighted by atomic mass is 16.7. The Labute approximate surface area is 211 Å². The summed E-state index contributed by atoms with van der Waals surface area (Å²) in [6, 6.07) is 14.6. The fourth-order valence-electron chi connectivity index (χ4n) is 5.55. The smallest absolute Gasteiger partial charge is 0.240 e. The van der Waals surface area contributed by atoms with Crippen molar-refractivity contribution in [3.63, 3.8) is 0 Å². The molecule has 0 radical (unpaired) electrons. The summed E-state index contributed by atoms with van der Waals surface area (Å²) < 4.78 is 6.09. The lowest BCUT2D eigenvalue weighted by Gasteiger charge is -2.44. The zero-order valence-electron chi connectivity index (χ0n) is 21.6. The summed E-state index contributed by atoms with van der Waals surface area (Å²) in [6.45, 7) is 10.3. The number of carbonyl (C=O) groups is 1. The van der Waals surface area contributed by atoms with Crippen molar-refractivity contribution in [2.24, 2.45) is 11.8 Å². The average molecular weight is 487 g/mol. The Morgan fingerprint density at radius 2 is 2.08 bits per heavy atom. The molecule has 3 unspecified atom stereocenters. The van der Waals surface area contributed by atoms with Gasteiger partial charge in [-0.1, -0.05) is 45.0 Å². The van der Waals surface area contributed by atoms with Gasteiger partial charge in [0.1, 0.15) is 5.52 Å². The zero-order chi connectivity index (χ0) is 25.4. The highest BCUT2D eigenvalue weighted by Gasteiger charge is 2.41. The fraction of sp³-hybridized carbons (Fsp3) is 0.414. The molecule has 0 bridgehead atoms. The lowest BCUT2D eigenvalue weighted by molar-refractivity contribution is -0.146. The quantitative estimate of drug-likeness (QED) is 0.310. The number of nitrogens with zero attached hydrogens (tertiary/aromatic N) is 2. The molecule has 1 amide bonds. The first kappa shape index (κ1) is 24.3. The summed E-state index contributed by atoms with van der Waals surface area (Å²) >= 11 is 0. The zero-order valence-corrected chi connectivity index (χ0v) is 21.6. The van der Waals surface area contributed by atoms with Crippen LogP contribution in [0.15, 0.2) is 53.1 Å². The van der Waals surface area contributed by atoms with Crippen molar-refractivity contribution in [1.29, 1.82) is 0 Å². The lowest BCUT2D eigenvalue weighted by atomic mass is 9.64. The molecule has 188 valence electrons. The van der Waals surface area contributed by atoms with Gasteiger partial charge < -0.3 is 4.42 Å². The highest BCUT2D eigenvalue weighted by Crippen LogP contribution is 2.45. The standard InChI is InChI=1S/C29H34N4O3/c1-17(2)22-11-12-29(5,15-26(22)36-33-19(4)34)21-8-6-7-20(14-21)27-23(16-30-32-27)28-31-24-10-9-18(3)13-25(24)35-28/h6-10,13-14,16-17,22,26H,11-12,15H2,1-5H3,(H,30,32)(H,33,34). The number of benzene rings is 2. The van der Waals surface area contributed by atoms with Gasteiger partial charge in [0.2, 0.25) is 11.8 Å². The number of rotatable bonds is 6. The molecule has 4 aromatic rings. The minimum Gasteiger partial charge on any atom is -0.436 e. The number of H-pyrrole nitrogens is 1. The average Bonchev–Trinajstić information content (AvgIpc) is 3.49. The molecule has 5 rings (SSSR count). The Morgan fingerprint density at radius 1 is 1.25 bits per heavy atom. The fourth-order valence-corrected chi connectivity index (χ4v) is 5.55. The largest absolute Gasteiger partial charge is 0.436 e. The van der Waals surface area contributed by atoms with Gasteiger partial charge in [-0.15, -0.1) is 0 Å². The van der Waals surface area contributed by atoms with Crippen LogP contribution in [0.1, 0.15) is 58.1 Å². The molecular weight excluding hydrogens is 452 g/mol. The first-order valence-electron chi connectivity index (χ1n) is 12.7. The number of aryl methyl sites for hydroxylation is 1. The van der Waals surface area contributed by atoms with Gasteiger partial charge in [0.05, 0.1) is 23.6 Å². The van der Waals surface area contributed by atoms with Crippen molar-refractivity contribution in [3.05, 3.63) is 59.8 Å². The van der Waals surface area contributed by atoms with E-state index in [-0.39, 0.29) is 17.4 Å². The molecule has 0 saturated heterocycles. The second-order valence-corrected chi connectivity index (χ2v) is 10.8. The van der Waals surface area contributed by atoms with Crippen molar-refractivity contribution in [2.45, 2.75) is 65.4 Å².